The second-order valence-corrected chi connectivity index (χ2v) is 4.67. The maximum atomic E-state index is 5.70. The smallest absolute Gasteiger partial charge is 0.224 e. The van der Waals surface area contributed by atoms with Crippen LogP contribution in [-0.4, -0.2) is 27.0 Å². The Hall–Kier alpha value is -2.83. The molecule has 1 aromatic carbocycles. The lowest BCUT2D eigenvalue weighted by Crippen LogP contribution is -2.10. The number of hydrogen-bond donors (Lipinski definition) is 3. The molecule has 0 amide bonds. The van der Waals surface area contributed by atoms with Crippen LogP contribution >= 0.6 is 0 Å². The summed E-state index contributed by atoms with van der Waals surface area (Å²) in [6.07, 6.45) is 1.57. The molecule has 0 radical (unpaired) electrons. The number of nitrogens with two attached hydrogens (primary N) is 1. The number of benzene rings is 1. The molecule has 21 heavy (non-hydrogen) atoms. The summed E-state index contributed by atoms with van der Waals surface area (Å²) < 4.78 is 5.16. The van der Waals surface area contributed by atoms with Crippen LogP contribution in [0.4, 0.5) is 11.8 Å². The molecule has 2 heterocycles. The van der Waals surface area contributed by atoms with Gasteiger partial charge >= 0.3 is 0 Å². The van der Waals surface area contributed by atoms with Gasteiger partial charge < -0.3 is 20.8 Å². The Morgan fingerprint density at radius 2 is 2.00 bits per heavy atom. The highest BCUT2D eigenvalue weighted by Gasteiger charge is 2.12. The van der Waals surface area contributed by atoms with E-state index in [4.69, 9.17) is 10.5 Å². The molecular formula is C14H16N6O. The van der Waals surface area contributed by atoms with Crippen molar-refractivity contribution >= 4 is 22.9 Å². The van der Waals surface area contributed by atoms with Gasteiger partial charge in [0.25, 0.3) is 0 Å². The van der Waals surface area contributed by atoms with Crippen molar-refractivity contribution in [2.45, 2.75) is 13.0 Å². The molecule has 4 N–H and O–H groups in total. The number of aromatic nitrogens is 4. The summed E-state index contributed by atoms with van der Waals surface area (Å²) >= 11 is 0. The molecule has 0 fully saturated rings. The van der Waals surface area contributed by atoms with Crippen molar-refractivity contribution in [2.24, 2.45) is 0 Å². The van der Waals surface area contributed by atoms with Crippen LogP contribution in [0.2, 0.25) is 0 Å². The van der Waals surface area contributed by atoms with Crippen molar-refractivity contribution in [3.8, 4) is 5.75 Å². The van der Waals surface area contributed by atoms with Crippen molar-refractivity contribution in [1.82, 2.24) is 19.9 Å². The van der Waals surface area contributed by atoms with Crippen LogP contribution in [0.3, 0.4) is 0 Å². The molecule has 3 aromatic rings. The van der Waals surface area contributed by atoms with Crippen LogP contribution in [0.5, 0.6) is 5.75 Å². The van der Waals surface area contributed by atoms with Crippen molar-refractivity contribution in [2.75, 3.05) is 18.2 Å². The van der Waals surface area contributed by atoms with E-state index in [1.807, 2.05) is 31.2 Å². The summed E-state index contributed by atoms with van der Waals surface area (Å²) in [5, 5.41) is 3.32. The fourth-order valence-corrected chi connectivity index (χ4v) is 2.14. The lowest BCUT2D eigenvalue weighted by molar-refractivity contribution is 0.414. The summed E-state index contributed by atoms with van der Waals surface area (Å²) in [5.41, 5.74) is 8.10. The second-order valence-electron chi connectivity index (χ2n) is 4.67. The van der Waals surface area contributed by atoms with Crippen molar-refractivity contribution < 1.29 is 4.74 Å². The molecule has 3 rings (SSSR count). The molecule has 0 aliphatic heterocycles. The Kier molecular flexibility index (Phi) is 3.31. The van der Waals surface area contributed by atoms with E-state index in [-0.39, 0.29) is 12.0 Å². The topological polar surface area (TPSA) is 102 Å². The first-order chi connectivity index (χ1) is 10.2. The number of imidazole rings is 1. The first kappa shape index (κ1) is 13.2. The van der Waals surface area contributed by atoms with E-state index in [1.54, 1.807) is 13.4 Å². The number of ether oxygens (including phenoxy) is 1. The minimum atomic E-state index is 0.0525. The van der Waals surface area contributed by atoms with Crippen molar-refractivity contribution in [1.29, 1.82) is 0 Å². The van der Waals surface area contributed by atoms with Gasteiger partial charge in [-0.3, -0.25) is 0 Å². The fourth-order valence-electron chi connectivity index (χ4n) is 2.14. The van der Waals surface area contributed by atoms with Gasteiger partial charge in [-0.1, -0.05) is 12.1 Å². The van der Waals surface area contributed by atoms with Gasteiger partial charge in [-0.2, -0.15) is 9.97 Å². The maximum Gasteiger partial charge on any atom is 0.224 e. The lowest BCUT2D eigenvalue weighted by atomic mass is 10.1. The van der Waals surface area contributed by atoms with Gasteiger partial charge in [0.2, 0.25) is 5.95 Å². The molecule has 7 nitrogen and oxygen atoms in total. The minimum absolute atomic E-state index is 0.0525. The number of rotatable bonds is 4. The third-order valence-corrected chi connectivity index (χ3v) is 3.27. The molecule has 0 saturated carbocycles. The Morgan fingerprint density at radius 3 is 2.71 bits per heavy atom. The highest BCUT2D eigenvalue weighted by atomic mass is 16.5. The number of fused-ring (bicyclic) bond motifs is 1. The number of aromatic amines is 1. The quantitative estimate of drug-likeness (QED) is 0.678. The van der Waals surface area contributed by atoms with E-state index >= 15 is 0 Å². The molecule has 108 valence electrons. The summed E-state index contributed by atoms with van der Waals surface area (Å²) in [7, 11) is 1.65. The zero-order valence-corrected chi connectivity index (χ0v) is 11.8. The predicted molar refractivity (Wildman–Crippen MR) is 81.1 cm³/mol. The number of methoxy groups -OCH3 is 1. The number of nitrogen functional groups attached to an aromatic ring is 1. The van der Waals surface area contributed by atoms with E-state index in [0.717, 1.165) is 16.8 Å². The lowest BCUT2D eigenvalue weighted by Gasteiger charge is -2.15. The molecule has 0 spiro atoms. The summed E-state index contributed by atoms with van der Waals surface area (Å²) in [6, 6.07) is 7.91. The van der Waals surface area contributed by atoms with Crippen LogP contribution < -0.4 is 15.8 Å². The van der Waals surface area contributed by atoms with Gasteiger partial charge in [0.15, 0.2) is 11.5 Å². The van der Waals surface area contributed by atoms with Crippen molar-refractivity contribution in [3.63, 3.8) is 0 Å². The van der Waals surface area contributed by atoms with E-state index in [9.17, 15) is 0 Å². The molecule has 7 heteroatoms. The van der Waals surface area contributed by atoms with Crippen LogP contribution in [-0.2, 0) is 0 Å². The van der Waals surface area contributed by atoms with Gasteiger partial charge in [0.05, 0.1) is 19.5 Å². The average molecular weight is 284 g/mol. The van der Waals surface area contributed by atoms with E-state index in [0.29, 0.717) is 11.5 Å². The number of anilines is 2. The first-order valence-electron chi connectivity index (χ1n) is 6.54. The SMILES string of the molecule is COc1ccc(C(C)Nc2nc(N)nc3nc[nH]c23)cc1. The number of H-pyrrole nitrogens is 1. The van der Waals surface area contributed by atoms with Gasteiger partial charge in [-0.05, 0) is 24.6 Å². The van der Waals surface area contributed by atoms with Crippen LogP contribution in [0, 0.1) is 0 Å². The third kappa shape index (κ3) is 2.58. The molecule has 0 aliphatic carbocycles. The highest BCUT2D eigenvalue weighted by Crippen LogP contribution is 2.24. The first-order valence-corrected chi connectivity index (χ1v) is 6.54. The molecule has 0 saturated heterocycles. The largest absolute Gasteiger partial charge is 0.497 e. The minimum Gasteiger partial charge on any atom is -0.497 e. The van der Waals surface area contributed by atoms with Gasteiger partial charge in [0.1, 0.15) is 11.3 Å². The van der Waals surface area contributed by atoms with Crippen molar-refractivity contribution in [3.05, 3.63) is 36.2 Å². The Labute approximate surface area is 121 Å². The van der Waals surface area contributed by atoms with E-state index < -0.39 is 0 Å². The molecular weight excluding hydrogens is 268 g/mol. The highest BCUT2D eigenvalue weighted by molar-refractivity contribution is 5.83. The van der Waals surface area contributed by atoms with E-state index in [1.165, 1.54) is 0 Å². The molecule has 0 aliphatic rings. The average Bonchev–Trinajstić information content (AvgIpc) is 2.95. The Morgan fingerprint density at radius 1 is 1.24 bits per heavy atom. The summed E-state index contributed by atoms with van der Waals surface area (Å²) in [5.74, 6) is 1.66. The fraction of sp³-hybridized carbons (Fsp3) is 0.214. The number of nitrogens with one attached hydrogen (secondary N) is 2. The summed E-state index contributed by atoms with van der Waals surface area (Å²) in [4.78, 5) is 15.4. The van der Waals surface area contributed by atoms with Crippen LogP contribution in [0.1, 0.15) is 18.5 Å². The molecule has 1 unspecified atom stereocenters. The predicted octanol–water partition coefficient (Wildman–Crippen LogP) is 2.12. The number of hydrogen-bond acceptors (Lipinski definition) is 6. The maximum absolute atomic E-state index is 5.70. The second kappa shape index (κ2) is 5.28. The Bertz CT molecular complexity index is 752. The molecule has 2 aromatic heterocycles. The van der Waals surface area contributed by atoms with Crippen LogP contribution in [0.25, 0.3) is 11.2 Å². The van der Waals surface area contributed by atoms with Crippen LogP contribution in [0.15, 0.2) is 30.6 Å². The molecule has 1 atom stereocenters. The normalized spacial score (nSPS) is 12.3. The monoisotopic (exact) mass is 284 g/mol. The number of nitrogens with zero attached hydrogens (tertiary/aromatic N) is 3. The van der Waals surface area contributed by atoms with Gasteiger partial charge in [0, 0.05) is 0 Å². The van der Waals surface area contributed by atoms with Gasteiger partial charge in [-0.25, -0.2) is 4.98 Å². The van der Waals surface area contributed by atoms with Gasteiger partial charge in [-0.15, -0.1) is 0 Å². The van der Waals surface area contributed by atoms with E-state index in [2.05, 4.69) is 25.3 Å². The zero-order valence-electron chi connectivity index (χ0n) is 11.8. The molecule has 0 bridgehead atoms. The zero-order chi connectivity index (χ0) is 14.8. The Balaban J connectivity index is 1.88. The summed E-state index contributed by atoms with van der Waals surface area (Å²) in [6.45, 7) is 2.04. The standard InChI is InChI=1S/C14H16N6O/c1-8(9-3-5-10(21-2)6-4-9)18-13-11-12(17-7-16-11)19-14(15)20-13/h3-8H,1-2H3,(H4,15,16,17,18,19,20). The third-order valence-electron chi connectivity index (χ3n) is 3.27.